The number of rotatable bonds is 13. The molecule has 0 fully saturated rings. The Morgan fingerprint density at radius 3 is 2.03 bits per heavy atom. The molecule has 1 N–H and O–H groups in total. The fourth-order valence-corrected chi connectivity index (χ4v) is 5.48. The molecule has 0 aromatic heterocycles. The third kappa shape index (κ3) is 7.44. The Morgan fingerprint density at radius 1 is 0.842 bits per heavy atom. The predicted octanol–water partition coefficient (Wildman–Crippen LogP) is 4.78. The molecule has 0 heterocycles. The van der Waals surface area contributed by atoms with Crippen molar-refractivity contribution in [1.29, 1.82) is 0 Å². The van der Waals surface area contributed by atoms with Crippen LogP contribution in [0, 0.1) is 0 Å². The first-order valence-electron chi connectivity index (χ1n) is 13.1. The summed E-state index contributed by atoms with van der Waals surface area (Å²) in [7, 11) is -4.05. The maximum Gasteiger partial charge on any atom is 0.264 e. The van der Waals surface area contributed by atoms with Crippen molar-refractivity contribution in [3.63, 3.8) is 0 Å². The highest BCUT2D eigenvalue weighted by molar-refractivity contribution is 7.92. The zero-order valence-electron chi connectivity index (χ0n) is 22.3. The minimum atomic E-state index is -4.05. The van der Waals surface area contributed by atoms with E-state index < -0.39 is 28.5 Å². The summed E-state index contributed by atoms with van der Waals surface area (Å²) in [6.07, 6.45) is 2.58. The van der Waals surface area contributed by atoms with Gasteiger partial charge in [-0.1, -0.05) is 80.9 Å². The monoisotopic (exact) mass is 535 g/mol. The second-order valence-electron chi connectivity index (χ2n) is 9.17. The Morgan fingerprint density at radius 2 is 1.45 bits per heavy atom. The summed E-state index contributed by atoms with van der Waals surface area (Å²) in [6.45, 7) is 5.98. The number of nitrogens with zero attached hydrogens (tertiary/aromatic N) is 2. The van der Waals surface area contributed by atoms with E-state index in [0.717, 1.165) is 34.7 Å². The summed E-state index contributed by atoms with van der Waals surface area (Å²) < 4.78 is 28.6. The molecule has 0 unspecified atom stereocenters. The maximum atomic E-state index is 13.8. The van der Waals surface area contributed by atoms with Crippen LogP contribution in [0.5, 0.6) is 0 Å². The minimum Gasteiger partial charge on any atom is -0.354 e. The summed E-state index contributed by atoms with van der Waals surface area (Å²) in [6, 6.07) is 23.8. The highest BCUT2D eigenvalue weighted by Crippen LogP contribution is 2.25. The second-order valence-corrected chi connectivity index (χ2v) is 11.0. The molecule has 0 saturated carbocycles. The van der Waals surface area contributed by atoms with Crippen LogP contribution in [0.3, 0.4) is 0 Å². The summed E-state index contributed by atoms with van der Waals surface area (Å²) in [5.74, 6) is -0.737. The van der Waals surface area contributed by atoms with E-state index >= 15 is 0 Å². The van der Waals surface area contributed by atoms with Crippen LogP contribution < -0.4 is 9.62 Å². The molecule has 3 rings (SSSR count). The number of sulfonamides is 1. The molecule has 2 amide bonds. The van der Waals surface area contributed by atoms with Crippen LogP contribution in [0.2, 0.25) is 0 Å². The molecule has 0 bridgehead atoms. The molecule has 0 radical (unpaired) electrons. The van der Waals surface area contributed by atoms with E-state index in [1.54, 1.807) is 37.3 Å². The molecule has 0 aliphatic carbocycles. The van der Waals surface area contributed by atoms with Crippen molar-refractivity contribution in [1.82, 2.24) is 10.2 Å². The van der Waals surface area contributed by atoms with E-state index in [9.17, 15) is 18.0 Å². The molecule has 0 aliphatic heterocycles. The van der Waals surface area contributed by atoms with Gasteiger partial charge < -0.3 is 10.2 Å². The first-order valence-corrected chi connectivity index (χ1v) is 14.5. The zero-order valence-corrected chi connectivity index (χ0v) is 23.2. The van der Waals surface area contributed by atoms with Crippen LogP contribution in [0.4, 0.5) is 5.69 Å². The standard InChI is InChI=1S/C30H37N3O4S/c1-4-6-21-31-30(35)24(3)32(22-26-13-9-7-10-14-26)29(34)23-33(27-19-17-25(5-2)18-20-27)38(36,37)28-15-11-8-12-16-28/h7-20,24H,4-6,21-23H2,1-3H3,(H,31,35)/t24-/m0/s1. The molecule has 202 valence electrons. The van der Waals surface area contributed by atoms with Crippen LogP contribution >= 0.6 is 0 Å². The summed E-state index contributed by atoms with van der Waals surface area (Å²) >= 11 is 0. The van der Waals surface area contributed by atoms with Gasteiger partial charge in [0.25, 0.3) is 10.0 Å². The fraction of sp³-hybridized carbons (Fsp3) is 0.333. The zero-order chi connectivity index (χ0) is 27.5. The molecule has 0 saturated heterocycles. The van der Waals surface area contributed by atoms with Crippen molar-refractivity contribution >= 4 is 27.5 Å². The normalized spacial score (nSPS) is 12.0. The van der Waals surface area contributed by atoms with Gasteiger partial charge in [-0.25, -0.2) is 8.42 Å². The van der Waals surface area contributed by atoms with Gasteiger partial charge in [-0.05, 0) is 55.2 Å². The number of benzene rings is 3. The smallest absolute Gasteiger partial charge is 0.264 e. The van der Waals surface area contributed by atoms with E-state index in [1.807, 2.05) is 56.3 Å². The van der Waals surface area contributed by atoms with Gasteiger partial charge in [-0.3, -0.25) is 13.9 Å². The third-order valence-corrected chi connectivity index (χ3v) is 8.22. The van der Waals surface area contributed by atoms with E-state index in [1.165, 1.54) is 17.0 Å². The lowest BCUT2D eigenvalue weighted by molar-refractivity contribution is -0.139. The molecule has 38 heavy (non-hydrogen) atoms. The van der Waals surface area contributed by atoms with Crippen molar-refractivity contribution in [3.8, 4) is 0 Å². The Kier molecular flexibility index (Phi) is 10.5. The minimum absolute atomic E-state index is 0.0901. The molecule has 0 spiro atoms. The molecule has 3 aromatic carbocycles. The van der Waals surface area contributed by atoms with E-state index in [2.05, 4.69) is 5.32 Å². The van der Waals surface area contributed by atoms with Gasteiger partial charge in [-0.2, -0.15) is 0 Å². The first kappa shape index (κ1) is 28.9. The Balaban J connectivity index is 1.97. The Labute approximate surface area is 226 Å². The van der Waals surface area contributed by atoms with Crippen molar-refractivity contribution in [2.45, 2.75) is 57.5 Å². The highest BCUT2D eigenvalue weighted by Gasteiger charge is 2.32. The average Bonchev–Trinajstić information content (AvgIpc) is 2.95. The Bertz CT molecular complexity index is 1280. The van der Waals surface area contributed by atoms with Crippen LogP contribution in [-0.4, -0.2) is 44.3 Å². The van der Waals surface area contributed by atoms with Gasteiger partial charge in [0, 0.05) is 13.1 Å². The lowest BCUT2D eigenvalue weighted by atomic mass is 10.1. The molecular weight excluding hydrogens is 498 g/mol. The maximum absolute atomic E-state index is 13.8. The van der Waals surface area contributed by atoms with Crippen LogP contribution in [0.15, 0.2) is 89.8 Å². The van der Waals surface area contributed by atoms with Crippen LogP contribution in [-0.2, 0) is 32.6 Å². The summed E-state index contributed by atoms with van der Waals surface area (Å²) in [5, 5.41) is 2.89. The molecule has 8 heteroatoms. The van der Waals surface area contributed by atoms with Gasteiger partial charge in [0.1, 0.15) is 12.6 Å². The van der Waals surface area contributed by atoms with Crippen LogP contribution in [0.1, 0.15) is 44.7 Å². The lowest BCUT2D eigenvalue weighted by Gasteiger charge is -2.32. The molecule has 1 atom stereocenters. The number of hydrogen-bond donors (Lipinski definition) is 1. The van der Waals surface area contributed by atoms with Gasteiger partial charge >= 0.3 is 0 Å². The third-order valence-electron chi connectivity index (χ3n) is 6.44. The number of aryl methyl sites for hydroxylation is 1. The summed E-state index contributed by atoms with van der Waals surface area (Å²) in [4.78, 5) is 28.3. The van der Waals surface area contributed by atoms with Crippen molar-refractivity contribution in [3.05, 3.63) is 96.1 Å². The van der Waals surface area contributed by atoms with Crippen molar-refractivity contribution in [2.75, 3.05) is 17.4 Å². The lowest BCUT2D eigenvalue weighted by Crippen LogP contribution is -2.51. The quantitative estimate of drug-likeness (QED) is 0.319. The number of carbonyl (C=O) groups is 2. The van der Waals surface area contributed by atoms with E-state index in [4.69, 9.17) is 0 Å². The largest absolute Gasteiger partial charge is 0.354 e. The van der Waals surface area contributed by atoms with Gasteiger partial charge in [0.15, 0.2) is 0 Å². The first-order chi connectivity index (χ1) is 18.3. The number of anilines is 1. The highest BCUT2D eigenvalue weighted by atomic mass is 32.2. The van der Waals surface area contributed by atoms with E-state index in [0.29, 0.717) is 12.2 Å². The topological polar surface area (TPSA) is 86.8 Å². The van der Waals surface area contributed by atoms with Gasteiger partial charge in [-0.15, -0.1) is 0 Å². The molecule has 3 aromatic rings. The van der Waals surface area contributed by atoms with E-state index in [-0.39, 0.29) is 17.3 Å². The van der Waals surface area contributed by atoms with Gasteiger partial charge in [0.2, 0.25) is 11.8 Å². The Hall–Kier alpha value is -3.65. The number of carbonyl (C=O) groups excluding carboxylic acids is 2. The number of unbranched alkanes of at least 4 members (excludes halogenated alkanes) is 1. The molecular formula is C30H37N3O4S. The van der Waals surface area contributed by atoms with Crippen LogP contribution in [0.25, 0.3) is 0 Å². The van der Waals surface area contributed by atoms with Crippen molar-refractivity contribution < 1.29 is 18.0 Å². The molecule has 0 aliphatic rings. The average molecular weight is 536 g/mol. The number of amides is 2. The number of hydrogen-bond acceptors (Lipinski definition) is 4. The molecule has 7 nitrogen and oxygen atoms in total. The van der Waals surface area contributed by atoms with Gasteiger partial charge in [0.05, 0.1) is 10.6 Å². The van der Waals surface area contributed by atoms with Crippen molar-refractivity contribution in [2.24, 2.45) is 0 Å². The SMILES string of the molecule is CCCCNC(=O)[C@H](C)N(Cc1ccccc1)C(=O)CN(c1ccc(CC)cc1)S(=O)(=O)c1ccccc1. The summed E-state index contributed by atoms with van der Waals surface area (Å²) in [5.41, 5.74) is 2.29. The second kappa shape index (κ2) is 13.8. The number of nitrogens with one attached hydrogen (secondary N) is 1. The fourth-order valence-electron chi connectivity index (χ4n) is 4.05. The predicted molar refractivity (Wildman–Crippen MR) is 151 cm³/mol.